The molecule has 0 fully saturated rings. The van der Waals surface area contributed by atoms with E-state index >= 15 is 0 Å². The van der Waals surface area contributed by atoms with Crippen molar-refractivity contribution in [3.63, 3.8) is 0 Å². The molecule has 100 valence electrons. The molecule has 0 bridgehead atoms. The first-order chi connectivity index (χ1) is 8.71. The lowest BCUT2D eigenvalue weighted by Crippen LogP contribution is -2.36. The van der Waals surface area contributed by atoms with Crippen LogP contribution in [0.25, 0.3) is 0 Å². The van der Waals surface area contributed by atoms with E-state index in [9.17, 15) is 0 Å². The van der Waals surface area contributed by atoms with Gasteiger partial charge in [-0.1, -0.05) is 12.1 Å². The molecule has 0 saturated heterocycles. The summed E-state index contributed by atoms with van der Waals surface area (Å²) in [4.78, 5) is 4.52. The van der Waals surface area contributed by atoms with Crippen LogP contribution in [0.5, 0.6) is 5.75 Å². The van der Waals surface area contributed by atoms with E-state index < -0.39 is 0 Å². The average Bonchev–Trinajstić information content (AvgIpc) is 2.38. The van der Waals surface area contributed by atoms with Crippen LogP contribution in [0.1, 0.15) is 25.0 Å². The number of hydrogen-bond acceptors (Lipinski definition) is 2. The Bertz CT molecular complexity index is 394. The second kappa shape index (κ2) is 7.58. The van der Waals surface area contributed by atoms with Crippen molar-refractivity contribution in [2.75, 3.05) is 20.2 Å². The van der Waals surface area contributed by atoms with E-state index in [4.69, 9.17) is 4.74 Å². The van der Waals surface area contributed by atoms with Crippen LogP contribution in [0.3, 0.4) is 0 Å². The number of ether oxygens (including phenoxy) is 1. The molecule has 4 nitrogen and oxygen atoms in total. The lowest BCUT2D eigenvalue weighted by atomic mass is 10.1. The van der Waals surface area contributed by atoms with E-state index in [1.54, 1.807) is 7.11 Å². The number of nitrogens with one attached hydrogen (secondary N) is 2. The van der Waals surface area contributed by atoms with Gasteiger partial charge < -0.3 is 15.4 Å². The lowest BCUT2D eigenvalue weighted by Gasteiger charge is -2.10. The number of nitrogens with zero attached hydrogens (tertiary/aromatic N) is 1. The molecule has 18 heavy (non-hydrogen) atoms. The molecule has 0 aliphatic rings. The highest BCUT2D eigenvalue weighted by Gasteiger charge is 2.00. The SMILES string of the molecule is CCNC(=NCc1ccc(C)c(OC)c1)NCC. The summed E-state index contributed by atoms with van der Waals surface area (Å²) in [6, 6.07) is 6.18. The fourth-order valence-corrected chi connectivity index (χ4v) is 1.64. The average molecular weight is 249 g/mol. The Morgan fingerprint density at radius 1 is 1.22 bits per heavy atom. The number of rotatable bonds is 5. The van der Waals surface area contributed by atoms with Crippen molar-refractivity contribution in [3.05, 3.63) is 29.3 Å². The number of benzene rings is 1. The van der Waals surface area contributed by atoms with Crippen LogP contribution >= 0.6 is 0 Å². The van der Waals surface area contributed by atoms with E-state index in [2.05, 4.69) is 41.6 Å². The van der Waals surface area contributed by atoms with Crippen molar-refractivity contribution in [2.45, 2.75) is 27.3 Å². The van der Waals surface area contributed by atoms with Gasteiger partial charge in [0.05, 0.1) is 13.7 Å². The minimum Gasteiger partial charge on any atom is -0.496 e. The largest absolute Gasteiger partial charge is 0.496 e. The maximum atomic E-state index is 5.31. The third kappa shape index (κ3) is 4.28. The second-order valence-corrected chi connectivity index (χ2v) is 4.03. The van der Waals surface area contributed by atoms with Crippen molar-refractivity contribution in [2.24, 2.45) is 4.99 Å². The Balaban J connectivity index is 2.73. The lowest BCUT2D eigenvalue weighted by molar-refractivity contribution is 0.411. The molecule has 0 unspecified atom stereocenters. The van der Waals surface area contributed by atoms with Crippen LogP contribution in [0.15, 0.2) is 23.2 Å². The molecule has 0 aromatic heterocycles. The molecule has 1 aromatic carbocycles. The molecule has 0 aliphatic heterocycles. The summed E-state index contributed by atoms with van der Waals surface area (Å²) >= 11 is 0. The Kier molecular flexibility index (Phi) is 6.05. The molecule has 0 aliphatic carbocycles. The fraction of sp³-hybridized carbons (Fsp3) is 0.500. The minimum absolute atomic E-state index is 0.645. The van der Waals surface area contributed by atoms with Crippen LogP contribution in [0.4, 0.5) is 0 Å². The molecule has 0 atom stereocenters. The van der Waals surface area contributed by atoms with Gasteiger partial charge >= 0.3 is 0 Å². The number of aryl methyl sites for hydroxylation is 1. The topological polar surface area (TPSA) is 45.7 Å². The van der Waals surface area contributed by atoms with E-state index in [0.29, 0.717) is 6.54 Å². The molecule has 1 rings (SSSR count). The first-order valence-corrected chi connectivity index (χ1v) is 6.37. The van der Waals surface area contributed by atoms with Crippen molar-refractivity contribution in [1.29, 1.82) is 0 Å². The van der Waals surface area contributed by atoms with Gasteiger partial charge in [-0.3, -0.25) is 0 Å². The monoisotopic (exact) mass is 249 g/mol. The van der Waals surface area contributed by atoms with Gasteiger partial charge in [0.15, 0.2) is 5.96 Å². The third-order valence-corrected chi connectivity index (χ3v) is 2.58. The van der Waals surface area contributed by atoms with Crippen molar-refractivity contribution in [3.8, 4) is 5.75 Å². The van der Waals surface area contributed by atoms with Gasteiger partial charge in [-0.15, -0.1) is 0 Å². The van der Waals surface area contributed by atoms with Crippen LogP contribution in [0, 0.1) is 6.92 Å². The molecule has 2 N–H and O–H groups in total. The molecular weight excluding hydrogens is 226 g/mol. The Morgan fingerprint density at radius 2 is 1.89 bits per heavy atom. The quantitative estimate of drug-likeness (QED) is 0.620. The van der Waals surface area contributed by atoms with E-state index in [1.807, 2.05) is 13.0 Å². The maximum absolute atomic E-state index is 5.31. The molecule has 0 saturated carbocycles. The zero-order chi connectivity index (χ0) is 13.4. The van der Waals surface area contributed by atoms with Gasteiger partial charge in [0, 0.05) is 13.1 Å². The number of guanidine groups is 1. The first-order valence-electron chi connectivity index (χ1n) is 6.37. The summed E-state index contributed by atoms with van der Waals surface area (Å²) < 4.78 is 5.31. The van der Waals surface area contributed by atoms with Crippen LogP contribution in [-0.4, -0.2) is 26.2 Å². The zero-order valence-electron chi connectivity index (χ0n) is 11.7. The third-order valence-electron chi connectivity index (χ3n) is 2.58. The summed E-state index contributed by atoms with van der Waals surface area (Å²) in [6.07, 6.45) is 0. The highest BCUT2D eigenvalue weighted by molar-refractivity contribution is 5.79. The Labute approximate surface area is 109 Å². The molecule has 0 spiro atoms. The highest BCUT2D eigenvalue weighted by atomic mass is 16.5. The van der Waals surface area contributed by atoms with E-state index in [-0.39, 0.29) is 0 Å². The number of aliphatic imine (C=N–C) groups is 1. The second-order valence-electron chi connectivity index (χ2n) is 4.03. The van der Waals surface area contributed by atoms with Crippen molar-refractivity contribution >= 4 is 5.96 Å². The van der Waals surface area contributed by atoms with Crippen LogP contribution in [-0.2, 0) is 6.54 Å². The van der Waals surface area contributed by atoms with Gasteiger partial charge in [0.2, 0.25) is 0 Å². The molecule has 0 radical (unpaired) electrons. The predicted molar refractivity (Wildman–Crippen MR) is 76.2 cm³/mol. The van der Waals surface area contributed by atoms with Gasteiger partial charge in [-0.2, -0.15) is 0 Å². The standard InChI is InChI=1S/C14H23N3O/c1-5-15-14(16-6-2)17-10-12-8-7-11(3)13(9-12)18-4/h7-9H,5-6,10H2,1-4H3,(H2,15,16,17). The summed E-state index contributed by atoms with van der Waals surface area (Å²) in [5, 5.41) is 6.40. The van der Waals surface area contributed by atoms with Crippen molar-refractivity contribution < 1.29 is 4.74 Å². The van der Waals surface area contributed by atoms with Crippen LogP contribution < -0.4 is 15.4 Å². The van der Waals surface area contributed by atoms with E-state index in [1.165, 1.54) is 0 Å². The first kappa shape index (κ1) is 14.4. The molecule has 0 heterocycles. The zero-order valence-corrected chi connectivity index (χ0v) is 11.7. The summed E-state index contributed by atoms with van der Waals surface area (Å²) in [7, 11) is 1.69. The Morgan fingerprint density at radius 3 is 2.44 bits per heavy atom. The fourth-order valence-electron chi connectivity index (χ4n) is 1.64. The molecule has 4 heteroatoms. The highest BCUT2D eigenvalue weighted by Crippen LogP contribution is 2.19. The minimum atomic E-state index is 0.645. The Hall–Kier alpha value is -1.71. The predicted octanol–water partition coefficient (Wildman–Crippen LogP) is 2.08. The maximum Gasteiger partial charge on any atom is 0.191 e. The number of hydrogen-bond donors (Lipinski definition) is 2. The molecule has 0 amide bonds. The molecule has 1 aromatic rings. The van der Waals surface area contributed by atoms with Gasteiger partial charge in [0.25, 0.3) is 0 Å². The molecular formula is C14H23N3O. The van der Waals surface area contributed by atoms with Gasteiger partial charge in [-0.25, -0.2) is 4.99 Å². The summed E-state index contributed by atoms with van der Waals surface area (Å²) in [6.45, 7) is 8.52. The summed E-state index contributed by atoms with van der Waals surface area (Å²) in [5.74, 6) is 1.76. The normalized spacial score (nSPS) is 9.78. The smallest absolute Gasteiger partial charge is 0.191 e. The van der Waals surface area contributed by atoms with Gasteiger partial charge in [-0.05, 0) is 38.0 Å². The van der Waals surface area contributed by atoms with E-state index in [0.717, 1.165) is 35.9 Å². The van der Waals surface area contributed by atoms with Gasteiger partial charge in [0.1, 0.15) is 5.75 Å². The van der Waals surface area contributed by atoms with Crippen LogP contribution in [0.2, 0.25) is 0 Å². The number of methoxy groups -OCH3 is 1. The summed E-state index contributed by atoms with van der Waals surface area (Å²) in [5.41, 5.74) is 2.29. The van der Waals surface area contributed by atoms with Crippen molar-refractivity contribution in [1.82, 2.24) is 10.6 Å².